The van der Waals surface area contributed by atoms with Crippen LogP contribution in [0.25, 0.3) is 0 Å². The molecule has 0 bridgehead atoms. The Hall–Kier alpha value is -1.25. The van der Waals surface area contributed by atoms with E-state index < -0.39 is 10.0 Å². The lowest BCUT2D eigenvalue weighted by molar-refractivity contribution is 0.392. The first-order valence-corrected chi connectivity index (χ1v) is 9.30. The Balaban J connectivity index is 1.75. The fourth-order valence-corrected chi connectivity index (χ4v) is 4.52. The van der Waals surface area contributed by atoms with Gasteiger partial charge in [-0.3, -0.25) is 0 Å². The Morgan fingerprint density at radius 1 is 1.48 bits per heavy atom. The van der Waals surface area contributed by atoms with E-state index in [2.05, 4.69) is 14.9 Å². The molecule has 3 rings (SSSR count). The van der Waals surface area contributed by atoms with Gasteiger partial charge in [0.1, 0.15) is 22.2 Å². The van der Waals surface area contributed by atoms with Gasteiger partial charge in [0.25, 0.3) is 0 Å². The van der Waals surface area contributed by atoms with Crippen LogP contribution in [0.3, 0.4) is 0 Å². The Kier molecular flexibility index (Phi) is 3.85. The van der Waals surface area contributed by atoms with E-state index in [9.17, 15) is 8.42 Å². The fourth-order valence-electron chi connectivity index (χ4n) is 2.21. The summed E-state index contributed by atoms with van der Waals surface area (Å²) in [4.78, 5) is 4.43. The third-order valence-electron chi connectivity index (χ3n) is 3.32. The number of aromatic nitrogens is 2. The van der Waals surface area contributed by atoms with E-state index in [0.717, 1.165) is 23.5 Å². The zero-order valence-electron chi connectivity index (χ0n) is 11.9. The van der Waals surface area contributed by atoms with Gasteiger partial charge >= 0.3 is 0 Å². The minimum Gasteiger partial charge on any atom is -0.361 e. The topological polar surface area (TPSA) is 85.1 Å². The quantitative estimate of drug-likeness (QED) is 0.880. The lowest BCUT2D eigenvalue weighted by Crippen LogP contribution is -2.31. The zero-order valence-corrected chi connectivity index (χ0v) is 13.5. The Bertz CT molecular complexity index is 731. The highest BCUT2D eigenvalue weighted by atomic mass is 32.2. The molecule has 0 spiro atoms. The summed E-state index contributed by atoms with van der Waals surface area (Å²) in [6.07, 6.45) is 2.07. The van der Waals surface area contributed by atoms with Crippen LogP contribution in [0.15, 0.2) is 16.0 Å². The molecule has 0 saturated heterocycles. The average Bonchev–Trinajstić information content (AvgIpc) is 3.03. The van der Waals surface area contributed by atoms with Crippen molar-refractivity contribution in [3.8, 4) is 0 Å². The molecule has 8 heteroatoms. The molecule has 1 aliphatic carbocycles. The lowest BCUT2D eigenvalue weighted by atomic mass is 10.2. The van der Waals surface area contributed by atoms with Crippen LogP contribution in [0, 0.1) is 19.8 Å². The number of hydrogen-bond acceptors (Lipinski definition) is 6. The molecule has 1 unspecified atom stereocenters. The van der Waals surface area contributed by atoms with Gasteiger partial charge in [-0.15, -0.1) is 11.3 Å². The third kappa shape index (κ3) is 3.69. The van der Waals surface area contributed by atoms with Crippen molar-refractivity contribution in [3.05, 3.63) is 33.6 Å². The molecule has 0 amide bonds. The molecule has 114 valence electrons. The smallest absolute Gasteiger partial charge is 0.218 e. The highest BCUT2D eigenvalue weighted by Gasteiger charge is 2.36. The van der Waals surface area contributed by atoms with E-state index in [0.29, 0.717) is 17.4 Å². The first kappa shape index (κ1) is 14.7. The van der Waals surface area contributed by atoms with Gasteiger partial charge in [-0.25, -0.2) is 18.1 Å². The van der Waals surface area contributed by atoms with Gasteiger partial charge in [0, 0.05) is 17.1 Å². The molecule has 2 aromatic rings. The summed E-state index contributed by atoms with van der Waals surface area (Å²) in [5, 5.41) is 6.53. The predicted octanol–water partition coefficient (Wildman–Crippen LogP) is 2.32. The molecule has 6 nitrogen and oxygen atoms in total. The second-order valence-electron chi connectivity index (χ2n) is 5.45. The molecular formula is C13H17N3O3S2. The van der Waals surface area contributed by atoms with Gasteiger partial charge in [-0.2, -0.15) is 0 Å². The van der Waals surface area contributed by atoms with E-state index in [-0.39, 0.29) is 11.8 Å². The van der Waals surface area contributed by atoms with E-state index >= 15 is 0 Å². The Morgan fingerprint density at radius 3 is 2.76 bits per heavy atom. The van der Waals surface area contributed by atoms with Crippen molar-refractivity contribution in [1.82, 2.24) is 14.9 Å². The number of nitrogens with one attached hydrogen (secondary N) is 1. The summed E-state index contributed by atoms with van der Waals surface area (Å²) in [5.41, 5.74) is 1.34. The van der Waals surface area contributed by atoms with Crippen molar-refractivity contribution in [1.29, 1.82) is 0 Å². The molecule has 1 aliphatic rings. The second kappa shape index (κ2) is 5.51. The van der Waals surface area contributed by atoms with Gasteiger partial charge in [-0.05, 0) is 32.6 Å². The number of hydrogen-bond donors (Lipinski definition) is 1. The maximum absolute atomic E-state index is 12.3. The highest BCUT2D eigenvalue weighted by Crippen LogP contribution is 2.42. The fraction of sp³-hybridized carbons (Fsp3) is 0.538. The van der Waals surface area contributed by atoms with Crippen molar-refractivity contribution < 1.29 is 12.9 Å². The summed E-state index contributed by atoms with van der Waals surface area (Å²) in [7, 11) is -3.47. The first-order chi connectivity index (χ1) is 9.93. The van der Waals surface area contributed by atoms with Crippen LogP contribution in [0.1, 0.15) is 41.0 Å². The van der Waals surface area contributed by atoms with Gasteiger partial charge < -0.3 is 4.52 Å². The van der Waals surface area contributed by atoms with E-state index in [1.54, 1.807) is 13.0 Å². The molecule has 1 saturated carbocycles. The normalized spacial score (nSPS) is 17.0. The van der Waals surface area contributed by atoms with E-state index in [4.69, 9.17) is 4.52 Å². The van der Waals surface area contributed by atoms with Crippen LogP contribution in [0.2, 0.25) is 0 Å². The van der Waals surface area contributed by atoms with Gasteiger partial charge in [0.15, 0.2) is 0 Å². The van der Waals surface area contributed by atoms with Gasteiger partial charge in [-0.1, -0.05) is 5.16 Å². The molecule has 1 atom stereocenters. The molecule has 0 aromatic carbocycles. The van der Waals surface area contributed by atoms with Crippen LogP contribution in [0.4, 0.5) is 0 Å². The summed E-state index contributed by atoms with van der Waals surface area (Å²) in [6.45, 7) is 3.65. The molecule has 2 heterocycles. The molecule has 1 N–H and O–H groups in total. The number of thiazole rings is 1. The summed E-state index contributed by atoms with van der Waals surface area (Å²) >= 11 is 1.50. The van der Waals surface area contributed by atoms with Crippen molar-refractivity contribution in [2.75, 3.05) is 0 Å². The molecule has 0 radical (unpaired) electrons. The maximum atomic E-state index is 12.3. The van der Waals surface area contributed by atoms with E-state index in [1.807, 2.05) is 12.3 Å². The first-order valence-electron chi connectivity index (χ1n) is 6.77. The Morgan fingerprint density at radius 2 is 2.24 bits per heavy atom. The molecule has 21 heavy (non-hydrogen) atoms. The van der Waals surface area contributed by atoms with Crippen LogP contribution in [0.5, 0.6) is 0 Å². The molecular weight excluding hydrogens is 310 g/mol. The minimum atomic E-state index is -3.47. The molecule has 0 aliphatic heterocycles. The predicted molar refractivity (Wildman–Crippen MR) is 79.3 cm³/mol. The highest BCUT2D eigenvalue weighted by molar-refractivity contribution is 7.88. The van der Waals surface area contributed by atoms with Crippen molar-refractivity contribution in [3.63, 3.8) is 0 Å². The minimum absolute atomic E-state index is 0.169. The SMILES string of the molecule is Cc1csc(C(NS(=O)(=O)Cc2cc(C)on2)C2CC2)n1. The number of sulfonamides is 1. The standard InChI is InChI=1S/C13H17N3O3S2/c1-8-6-20-13(14-8)12(10-3-4-10)16-21(17,18)7-11-5-9(2)19-15-11/h5-6,10,12,16H,3-4,7H2,1-2H3. The van der Waals surface area contributed by atoms with Crippen LogP contribution in [-0.2, 0) is 15.8 Å². The van der Waals surface area contributed by atoms with Crippen LogP contribution < -0.4 is 4.72 Å². The number of rotatable bonds is 6. The second-order valence-corrected chi connectivity index (χ2v) is 8.09. The summed E-state index contributed by atoms with van der Waals surface area (Å²) < 4.78 is 32.3. The molecule has 2 aromatic heterocycles. The van der Waals surface area contributed by atoms with Crippen LogP contribution in [-0.4, -0.2) is 18.6 Å². The third-order valence-corrected chi connectivity index (χ3v) is 5.65. The zero-order chi connectivity index (χ0) is 15.0. The lowest BCUT2D eigenvalue weighted by Gasteiger charge is -2.15. The monoisotopic (exact) mass is 327 g/mol. The van der Waals surface area contributed by atoms with E-state index in [1.165, 1.54) is 11.3 Å². The molecule has 1 fully saturated rings. The summed E-state index contributed by atoms with van der Waals surface area (Å²) in [6, 6.07) is 1.42. The number of nitrogens with zero attached hydrogens (tertiary/aromatic N) is 2. The number of aryl methyl sites for hydroxylation is 2. The Labute approximate surface area is 127 Å². The van der Waals surface area contributed by atoms with Crippen molar-refractivity contribution in [2.45, 2.75) is 38.5 Å². The van der Waals surface area contributed by atoms with Crippen molar-refractivity contribution in [2.24, 2.45) is 5.92 Å². The van der Waals surface area contributed by atoms with Gasteiger partial charge in [0.05, 0.1) is 6.04 Å². The average molecular weight is 327 g/mol. The van der Waals surface area contributed by atoms with Gasteiger partial charge in [0.2, 0.25) is 10.0 Å². The maximum Gasteiger partial charge on any atom is 0.218 e. The summed E-state index contributed by atoms with van der Waals surface area (Å²) in [5.74, 6) is 0.789. The van der Waals surface area contributed by atoms with Crippen molar-refractivity contribution >= 4 is 21.4 Å². The van der Waals surface area contributed by atoms with Crippen LogP contribution >= 0.6 is 11.3 Å². The largest absolute Gasteiger partial charge is 0.361 e.